The Balaban J connectivity index is 1.63. The monoisotopic (exact) mass is 459 g/mol. The van der Waals surface area contributed by atoms with Gasteiger partial charge in [0.25, 0.3) is 0 Å². The lowest BCUT2D eigenvalue weighted by Crippen LogP contribution is -2.54. The SMILES string of the molecule is COCCCOc1cc(CN(C(=O)[C@@H]2CNC[C@@H](NC(=O)C(C)(C)C)C2)C2CC2)ccc1C. The molecule has 1 aliphatic carbocycles. The summed E-state index contributed by atoms with van der Waals surface area (Å²) in [6.07, 6.45) is 3.64. The number of carbonyl (C=O) groups is 2. The van der Waals surface area contributed by atoms with E-state index < -0.39 is 5.41 Å². The van der Waals surface area contributed by atoms with Crippen molar-refractivity contribution in [1.29, 1.82) is 0 Å². The third-order valence-electron chi connectivity index (χ3n) is 6.34. The fourth-order valence-electron chi connectivity index (χ4n) is 4.13. The summed E-state index contributed by atoms with van der Waals surface area (Å²) in [6, 6.07) is 6.51. The Morgan fingerprint density at radius 1 is 1.18 bits per heavy atom. The maximum atomic E-state index is 13.5. The van der Waals surface area contributed by atoms with Crippen molar-refractivity contribution in [2.75, 3.05) is 33.4 Å². The molecule has 0 aromatic heterocycles. The molecule has 1 saturated heterocycles. The molecule has 2 atom stereocenters. The lowest BCUT2D eigenvalue weighted by Gasteiger charge is -2.35. The van der Waals surface area contributed by atoms with Crippen LogP contribution in [0.25, 0.3) is 0 Å². The van der Waals surface area contributed by atoms with E-state index in [0.29, 0.717) is 45.3 Å². The van der Waals surface area contributed by atoms with E-state index in [9.17, 15) is 9.59 Å². The standard InChI is InChI=1S/C26H41N3O4/c1-18-7-8-19(13-23(18)33-12-6-11-32-5)17-29(22-9-10-22)24(30)20-14-21(16-27-15-20)28-25(31)26(2,3)4/h7-8,13,20-22,27H,6,9-12,14-17H2,1-5H3,(H,28,31)/t20-,21-/m0/s1. The van der Waals surface area contributed by atoms with Crippen LogP contribution in [0.4, 0.5) is 0 Å². The quantitative estimate of drug-likeness (QED) is 0.526. The number of nitrogens with zero attached hydrogens (tertiary/aromatic N) is 1. The van der Waals surface area contributed by atoms with Gasteiger partial charge in [-0.05, 0) is 43.4 Å². The average Bonchev–Trinajstić information content (AvgIpc) is 3.61. The number of amides is 2. The number of nitrogens with one attached hydrogen (secondary N) is 2. The van der Waals surface area contributed by atoms with E-state index in [1.54, 1.807) is 7.11 Å². The fraction of sp³-hybridized carbons (Fsp3) is 0.692. The molecule has 1 aliphatic heterocycles. The first kappa shape index (κ1) is 25.5. The van der Waals surface area contributed by atoms with Crippen molar-refractivity contribution in [3.05, 3.63) is 29.3 Å². The minimum Gasteiger partial charge on any atom is -0.493 e. The largest absolute Gasteiger partial charge is 0.493 e. The summed E-state index contributed by atoms with van der Waals surface area (Å²) in [7, 11) is 1.69. The van der Waals surface area contributed by atoms with Crippen molar-refractivity contribution < 1.29 is 19.1 Å². The van der Waals surface area contributed by atoms with E-state index in [4.69, 9.17) is 9.47 Å². The maximum Gasteiger partial charge on any atom is 0.227 e. The normalized spacial score (nSPS) is 20.9. The topological polar surface area (TPSA) is 79.9 Å². The van der Waals surface area contributed by atoms with Crippen molar-refractivity contribution in [3.8, 4) is 5.75 Å². The van der Waals surface area contributed by atoms with Gasteiger partial charge in [0.1, 0.15) is 5.75 Å². The molecule has 7 nitrogen and oxygen atoms in total. The van der Waals surface area contributed by atoms with Crippen LogP contribution in [0.1, 0.15) is 57.6 Å². The van der Waals surface area contributed by atoms with Crippen molar-refractivity contribution >= 4 is 11.8 Å². The number of hydrogen-bond acceptors (Lipinski definition) is 5. The fourth-order valence-corrected chi connectivity index (χ4v) is 4.13. The van der Waals surface area contributed by atoms with E-state index in [1.807, 2.05) is 32.6 Å². The summed E-state index contributed by atoms with van der Waals surface area (Å²) in [4.78, 5) is 28.0. The summed E-state index contributed by atoms with van der Waals surface area (Å²) in [5.74, 6) is 0.956. The van der Waals surface area contributed by atoms with Gasteiger partial charge in [0.15, 0.2) is 0 Å². The van der Waals surface area contributed by atoms with Gasteiger partial charge in [0.2, 0.25) is 11.8 Å². The molecular weight excluding hydrogens is 418 g/mol. The second-order valence-electron chi connectivity index (χ2n) is 10.5. The van der Waals surface area contributed by atoms with Crippen molar-refractivity contribution in [2.45, 2.75) is 72.0 Å². The highest BCUT2D eigenvalue weighted by atomic mass is 16.5. The Labute approximate surface area is 198 Å². The van der Waals surface area contributed by atoms with Gasteiger partial charge >= 0.3 is 0 Å². The van der Waals surface area contributed by atoms with Crippen LogP contribution in [-0.4, -0.2) is 62.2 Å². The van der Waals surface area contributed by atoms with Gasteiger partial charge in [0.05, 0.1) is 12.5 Å². The first-order valence-corrected chi connectivity index (χ1v) is 12.2. The maximum absolute atomic E-state index is 13.5. The zero-order valence-corrected chi connectivity index (χ0v) is 20.9. The molecule has 0 unspecified atom stereocenters. The molecule has 1 saturated carbocycles. The summed E-state index contributed by atoms with van der Waals surface area (Å²) >= 11 is 0. The Bertz CT molecular complexity index is 816. The zero-order chi connectivity index (χ0) is 24.0. The molecule has 33 heavy (non-hydrogen) atoms. The van der Waals surface area contributed by atoms with Gasteiger partial charge in [0, 0.05) is 57.3 Å². The molecular formula is C26H41N3O4. The van der Waals surface area contributed by atoms with Gasteiger partial charge in [-0.15, -0.1) is 0 Å². The third kappa shape index (κ3) is 7.44. The Hall–Kier alpha value is -2.12. The lowest BCUT2D eigenvalue weighted by molar-refractivity contribution is -0.138. The first-order valence-electron chi connectivity index (χ1n) is 12.2. The molecule has 1 heterocycles. The molecule has 3 rings (SSSR count). The second kappa shape index (κ2) is 11.3. The Kier molecular flexibility index (Phi) is 8.76. The van der Waals surface area contributed by atoms with Crippen LogP contribution < -0.4 is 15.4 Å². The highest BCUT2D eigenvalue weighted by molar-refractivity contribution is 5.82. The van der Waals surface area contributed by atoms with Crippen LogP contribution in [0.15, 0.2) is 18.2 Å². The molecule has 0 spiro atoms. The van der Waals surface area contributed by atoms with E-state index in [1.165, 1.54) is 0 Å². The first-order chi connectivity index (χ1) is 15.7. The third-order valence-corrected chi connectivity index (χ3v) is 6.34. The van der Waals surface area contributed by atoms with Crippen molar-refractivity contribution in [3.63, 3.8) is 0 Å². The molecule has 1 aromatic carbocycles. The predicted molar refractivity (Wildman–Crippen MR) is 129 cm³/mol. The van der Waals surface area contributed by atoms with Crippen LogP contribution in [0.2, 0.25) is 0 Å². The van der Waals surface area contributed by atoms with Gasteiger partial charge in [-0.3, -0.25) is 9.59 Å². The molecule has 184 valence electrons. The number of rotatable bonds is 10. The molecule has 2 amide bonds. The summed E-state index contributed by atoms with van der Waals surface area (Å²) in [6.45, 7) is 11.0. The highest BCUT2D eigenvalue weighted by Gasteiger charge is 2.38. The zero-order valence-electron chi connectivity index (χ0n) is 20.9. The molecule has 2 fully saturated rings. The van der Waals surface area contributed by atoms with Crippen LogP contribution in [-0.2, 0) is 20.9 Å². The molecule has 7 heteroatoms. The number of ether oxygens (including phenoxy) is 2. The van der Waals surface area contributed by atoms with Crippen molar-refractivity contribution in [2.24, 2.45) is 11.3 Å². The van der Waals surface area contributed by atoms with Gasteiger partial charge in [-0.25, -0.2) is 0 Å². The van der Waals surface area contributed by atoms with E-state index >= 15 is 0 Å². The Morgan fingerprint density at radius 2 is 1.94 bits per heavy atom. The smallest absolute Gasteiger partial charge is 0.227 e. The van der Waals surface area contributed by atoms with Crippen LogP contribution in [0.5, 0.6) is 5.75 Å². The van der Waals surface area contributed by atoms with Gasteiger partial charge in [-0.1, -0.05) is 32.9 Å². The predicted octanol–water partition coefficient (Wildman–Crippen LogP) is 3.04. The highest BCUT2D eigenvalue weighted by Crippen LogP contribution is 2.32. The van der Waals surface area contributed by atoms with E-state index in [-0.39, 0.29) is 23.8 Å². The number of aryl methyl sites for hydroxylation is 1. The van der Waals surface area contributed by atoms with E-state index in [2.05, 4.69) is 28.8 Å². The molecule has 0 radical (unpaired) electrons. The van der Waals surface area contributed by atoms with Crippen LogP contribution in [0.3, 0.4) is 0 Å². The molecule has 0 bridgehead atoms. The molecule has 2 aliphatic rings. The lowest BCUT2D eigenvalue weighted by atomic mass is 9.91. The Morgan fingerprint density at radius 3 is 2.61 bits per heavy atom. The van der Waals surface area contributed by atoms with Crippen LogP contribution in [0, 0.1) is 18.3 Å². The summed E-state index contributed by atoms with van der Waals surface area (Å²) < 4.78 is 11.1. The number of piperidine rings is 1. The van der Waals surface area contributed by atoms with Gasteiger partial charge < -0.3 is 25.0 Å². The van der Waals surface area contributed by atoms with E-state index in [0.717, 1.165) is 36.1 Å². The number of benzene rings is 1. The van der Waals surface area contributed by atoms with Gasteiger partial charge in [-0.2, -0.15) is 0 Å². The summed E-state index contributed by atoms with van der Waals surface area (Å²) in [5, 5.41) is 6.48. The van der Waals surface area contributed by atoms with Crippen molar-refractivity contribution in [1.82, 2.24) is 15.5 Å². The minimum absolute atomic E-state index is 0.0213. The minimum atomic E-state index is -0.439. The molecule has 1 aromatic rings. The number of hydrogen-bond donors (Lipinski definition) is 2. The second-order valence-corrected chi connectivity index (χ2v) is 10.5. The number of methoxy groups -OCH3 is 1. The molecule has 2 N–H and O–H groups in total. The number of carbonyl (C=O) groups excluding carboxylic acids is 2. The van der Waals surface area contributed by atoms with Crippen LogP contribution >= 0.6 is 0 Å². The average molecular weight is 460 g/mol. The summed E-state index contributed by atoms with van der Waals surface area (Å²) in [5.41, 5.74) is 1.74.